The number of halogens is 2. The first-order valence-electron chi connectivity index (χ1n) is 8.87. The molecule has 1 unspecified atom stereocenters. The normalized spacial score (nSPS) is 29.8. The zero-order valence-electron chi connectivity index (χ0n) is 13.9. The summed E-state index contributed by atoms with van der Waals surface area (Å²) < 4.78 is 0. The number of rotatable bonds is 4. The van der Waals surface area contributed by atoms with Crippen LogP contribution in [0.5, 0.6) is 0 Å². The molecule has 2 aliphatic rings. The summed E-state index contributed by atoms with van der Waals surface area (Å²) in [5.41, 5.74) is 7.52. The molecule has 0 aliphatic carbocycles. The van der Waals surface area contributed by atoms with E-state index >= 15 is 0 Å². The van der Waals surface area contributed by atoms with E-state index in [4.69, 9.17) is 28.9 Å². The second kappa shape index (κ2) is 8.35. The van der Waals surface area contributed by atoms with Gasteiger partial charge in [-0.2, -0.15) is 0 Å². The highest BCUT2D eigenvalue weighted by atomic mass is 35.5. The Labute approximate surface area is 154 Å². The molecule has 0 spiro atoms. The Kier molecular flexibility index (Phi) is 6.41. The Morgan fingerprint density at radius 1 is 1.21 bits per heavy atom. The third kappa shape index (κ3) is 4.63. The number of hydrogen-bond donors (Lipinski definition) is 3. The number of nitrogens with one attached hydrogen (secondary N) is 1. The first kappa shape index (κ1) is 18.4. The Morgan fingerprint density at radius 3 is 2.67 bits per heavy atom. The van der Waals surface area contributed by atoms with Crippen LogP contribution in [0.25, 0.3) is 0 Å². The molecule has 0 amide bonds. The molecule has 3 atom stereocenters. The Morgan fingerprint density at radius 2 is 1.96 bits per heavy atom. The lowest BCUT2D eigenvalue weighted by Gasteiger charge is -2.37. The highest BCUT2D eigenvalue weighted by Gasteiger charge is 2.29. The van der Waals surface area contributed by atoms with Gasteiger partial charge in [0.25, 0.3) is 0 Å². The number of hydrogen-bond acceptors (Lipinski definition) is 4. The van der Waals surface area contributed by atoms with Crippen LogP contribution in [-0.4, -0.2) is 54.4 Å². The zero-order valence-corrected chi connectivity index (χ0v) is 15.4. The summed E-state index contributed by atoms with van der Waals surface area (Å²) in [6.45, 7) is 3.91. The van der Waals surface area contributed by atoms with Crippen LogP contribution in [0.3, 0.4) is 0 Å². The zero-order chi connectivity index (χ0) is 17.1. The molecule has 1 aromatic rings. The van der Waals surface area contributed by atoms with E-state index in [9.17, 15) is 5.11 Å². The molecule has 2 heterocycles. The van der Waals surface area contributed by atoms with Crippen LogP contribution in [0.2, 0.25) is 10.0 Å². The number of aliphatic hydroxyl groups is 1. The summed E-state index contributed by atoms with van der Waals surface area (Å²) in [6, 6.07) is 6.44. The van der Waals surface area contributed by atoms with E-state index in [1.54, 1.807) is 0 Å². The Hall–Kier alpha value is -0.360. The molecule has 0 aromatic heterocycles. The van der Waals surface area contributed by atoms with Crippen molar-refractivity contribution in [3.8, 4) is 0 Å². The molecule has 4 N–H and O–H groups in total. The third-order valence-corrected chi connectivity index (χ3v) is 6.16. The van der Waals surface area contributed by atoms with Gasteiger partial charge in [0.05, 0.1) is 16.1 Å². The predicted molar refractivity (Wildman–Crippen MR) is 99.9 cm³/mol. The van der Waals surface area contributed by atoms with E-state index in [0.717, 1.165) is 51.9 Å². The minimum Gasteiger partial charge on any atom is -0.393 e. The standard InChI is InChI=1S/C18H27Cl2N3O/c19-16-2-1-12(9-17(16)20)15-10-13(22-11-18(15)21)3-6-23-7-4-14(24)5-8-23/h1-2,9,13-15,18,22,24H,3-8,10-11,21H2/t13?,15-,18+/m0/s1. The number of aliphatic hydroxyl groups excluding tert-OH is 1. The molecule has 3 rings (SSSR count). The fraction of sp³-hybridized carbons (Fsp3) is 0.667. The van der Waals surface area contributed by atoms with Crippen molar-refractivity contribution in [2.24, 2.45) is 5.73 Å². The lowest BCUT2D eigenvalue weighted by molar-refractivity contribution is 0.0797. The maximum absolute atomic E-state index is 9.60. The van der Waals surface area contributed by atoms with E-state index in [-0.39, 0.29) is 12.1 Å². The van der Waals surface area contributed by atoms with Crippen molar-refractivity contribution in [2.75, 3.05) is 26.2 Å². The van der Waals surface area contributed by atoms with Crippen molar-refractivity contribution in [3.63, 3.8) is 0 Å². The van der Waals surface area contributed by atoms with Crippen molar-refractivity contribution in [1.82, 2.24) is 10.2 Å². The van der Waals surface area contributed by atoms with Gasteiger partial charge in [0.2, 0.25) is 0 Å². The van der Waals surface area contributed by atoms with Gasteiger partial charge in [-0.1, -0.05) is 29.3 Å². The van der Waals surface area contributed by atoms with E-state index < -0.39 is 0 Å². The van der Waals surface area contributed by atoms with Gasteiger partial charge >= 0.3 is 0 Å². The average Bonchev–Trinajstić information content (AvgIpc) is 2.58. The van der Waals surface area contributed by atoms with Gasteiger partial charge in [0.1, 0.15) is 0 Å². The highest BCUT2D eigenvalue weighted by molar-refractivity contribution is 6.42. The Bertz CT molecular complexity index is 549. The largest absolute Gasteiger partial charge is 0.393 e. The summed E-state index contributed by atoms with van der Waals surface area (Å²) >= 11 is 12.2. The smallest absolute Gasteiger partial charge is 0.0595 e. The van der Waals surface area contributed by atoms with Crippen LogP contribution in [0.1, 0.15) is 37.2 Å². The molecule has 4 nitrogen and oxygen atoms in total. The van der Waals surface area contributed by atoms with E-state index in [1.165, 1.54) is 5.56 Å². The van der Waals surface area contributed by atoms with Crippen LogP contribution < -0.4 is 11.1 Å². The number of piperidine rings is 2. The first-order valence-corrected chi connectivity index (χ1v) is 9.63. The molecule has 2 aliphatic heterocycles. The molecule has 24 heavy (non-hydrogen) atoms. The Balaban J connectivity index is 1.56. The third-order valence-electron chi connectivity index (χ3n) is 5.42. The lowest BCUT2D eigenvalue weighted by atomic mass is 9.82. The van der Waals surface area contributed by atoms with Gasteiger partial charge < -0.3 is 21.1 Å². The SMILES string of the molecule is N[C@@H]1CNC(CCN2CCC(O)CC2)C[C@H]1c1ccc(Cl)c(Cl)c1. The fourth-order valence-electron chi connectivity index (χ4n) is 3.84. The topological polar surface area (TPSA) is 61.5 Å². The maximum Gasteiger partial charge on any atom is 0.0595 e. The van der Waals surface area contributed by atoms with Crippen molar-refractivity contribution in [3.05, 3.63) is 33.8 Å². The highest BCUT2D eigenvalue weighted by Crippen LogP contribution is 2.32. The van der Waals surface area contributed by atoms with Crippen molar-refractivity contribution < 1.29 is 5.11 Å². The van der Waals surface area contributed by atoms with Crippen LogP contribution in [-0.2, 0) is 0 Å². The van der Waals surface area contributed by atoms with E-state index in [2.05, 4.69) is 10.2 Å². The van der Waals surface area contributed by atoms with Gasteiger partial charge in [-0.3, -0.25) is 0 Å². The summed E-state index contributed by atoms with van der Waals surface area (Å²) in [5, 5.41) is 14.4. The number of likely N-dealkylation sites (tertiary alicyclic amines) is 1. The molecular formula is C18H27Cl2N3O. The monoisotopic (exact) mass is 371 g/mol. The fourth-order valence-corrected chi connectivity index (χ4v) is 4.14. The lowest BCUT2D eigenvalue weighted by Crippen LogP contribution is -2.51. The minimum atomic E-state index is -0.105. The molecule has 134 valence electrons. The number of nitrogens with zero attached hydrogens (tertiary/aromatic N) is 1. The summed E-state index contributed by atoms with van der Waals surface area (Å²) in [5.74, 6) is 0.314. The maximum atomic E-state index is 9.60. The second-order valence-corrected chi connectivity index (χ2v) is 7.96. The van der Waals surface area contributed by atoms with Crippen LogP contribution in [0.4, 0.5) is 0 Å². The van der Waals surface area contributed by atoms with Crippen LogP contribution >= 0.6 is 23.2 Å². The minimum absolute atomic E-state index is 0.101. The van der Waals surface area contributed by atoms with Gasteiger partial charge in [-0.25, -0.2) is 0 Å². The van der Waals surface area contributed by atoms with E-state index in [1.807, 2.05) is 18.2 Å². The van der Waals surface area contributed by atoms with Crippen molar-refractivity contribution >= 4 is 23.2 Å². The molecule has 0 radical (unpaired) electrons. The predicted octanol–water partition coefficient (Wildman–Crippen LogP) is 2.61. The van der Waals surface area contributed by atoms with Gasteiger partial charge in [-0.05, 0) is 49.9 Å². The molecule has 0 saturated carbocycles. The number of nitrogens with two attached hydrogens (primary N) is 1. The summed E-state index contributed by atoms with van der Waals surface area (Å²) in [6.07, 6.45) is 3.83. The average molecular weight is 372 g/mol. The molecule has 2 fully saturated rings. The molecule has 6 heteroatoms. The van der Waals surface area contributed by atoms with Crippen LogP contribution in [0.15, 0.2) is 18.2 Å². The van der Waals surface area contributed by atoms with E-state index in [0.29, 0.717) is 22.0 Å². The quantitative estimate of drug-likeness (QED) is 0.761. The summed E-state index contributed by atoms with van der Waals surface area (Å²) in [7, 11) is 0. The second-order valence-electron chi connectivity index (χ2n) is 7.15. The van der Waals surface area contributed by atoms with Gasteiger partial charge in [0, 0.05) is 37.6 Å². The first-order chi connectivity index (χ1) is 11.5. The molecule has 1 aromatic carbocycles. The van der Waals surface area contributed by atoms with Crippen molar-refractivity contribution in [2.45, 2.75) is 49.8 Å². The molecule has 2 saturated heterocycles. The van der Waals surface area contributed by atoms with Crippen molar-refractivity contribution in [1.29, 1.82) is 0 Å². The van der Waals surface area contributed by atoms with Crippen LogP contribution in [0, 0.1) is 0 Å². The molecule has 0 bridgehead atoms. The number of benzene rings is 1. The van der Waals surface area contributed by atoms with Gasteiger partial charge in [0.15, 0.2) is 0 Å². The summed E-state index contributed by atoms with van der Waals surface area (Å²) in [4.78, 5) is 2.46. The van der Waals surface area contributed by atoms with Gasteiger partial charge in [-0.15, -0.1) is 0 Å². The molecular weight excluding hydrogens is 345 g/mol.